The normalized spacial score (nSPS) is 12.6. The lowest BCUT2D eigenvalue weighted by Gasteiger charge is -2.17. The summed E-state index contributed by atoms with van der Waals surface area (Å²) in [7, 11) is 0.980. The highest BCUT2D eigenvalue weighted by molar-refractivity contribution is 5.89. The van der Waals surface area contributed by atoms with Gasteiger partial charge in [-0.05, 0) is 11.6 Å². The molecular formula is C14H12F3N3O5. The Bertz CT molecular complexity index is 831. The number of nitro groups is 1. The molecule has 0 saturated heterocycles. The van der Waals surface area contributed by atoms with E-state index in [0.29, 0.717) is 16.5 Å². The van der Waals surface area contributed by atoms with Crippen LogP contribution in [0.1, 0.15) is 5.56 Å². The number of carbonyl (C=O) groups excluding carboxylic acids is 2. The fourth-order valence-corrected chi connectivity index (χ4v) is 2.25. The van der Waals surface area contributed by atoms with Gasteiger partial charge in [-0.2, -0.15) is 13.2 Å². The number of H-pyrrole nitrogens is 1. The summed E-state index contributed by atoms with van der Waals surface area (Å²) in [5, 5.41) is 12.8. The van der Waals surface area contributed by atoms with Gasteiger partial charge >= 0.3 is 18.1 Å². The predicted molar refractivity (Wildman–Crippen MR) is 78.7 cm³/mol. The summed E-state index contributed by atoms with van der Waals surface area (Å²) in [6.45, 7) is 0. The van der Waals surface area contributed by atoms with Crippen LogP contribution >= 0.6 is 0 Å². The van der Waals surface area contributed by atoms with Gasteiger partial charge in [-0.15, -0.1) is 0 Å². The highest BCUT2D eigenvalue weighted by Gasteiger charge is 2.41. The molecule has 1 aromatic heterocycles. The molecule has 1 unspecified atom stereocenters. The van der Waals surface area contributed by atoms with Crippen LogP contribution in [-0.2, 0) is 20.7 Å². The van der Waals surface area contributed by atoms with E-state index in [-0.39, 0.29) is 12.1 Å². The molecule has 1 amide bonds. The summed E-state index contributed by atoms with van der Waals surface area (Å²) in [5.41, 5.74) is 0.591. The molecule has 25 heavy (non-hydrogen) atoms. The molecule has 8 nitrogen and oxygen atoms in total. The summed E-state index contributed by atoms with van der Waals surface area (Å²) >= 11 is 0. The van der Waals surface area contributed by atoms with Crippen molar-refractivity contribution in [1.29, 1.82) is 0 Å². The van der Waals surface area contributed by atoms with Crippen molar-refractivity contribution in [2.24, 2.45) is 0 Å². The number of alkyl halides is 3. The molecule has 134 valence electrons. The lowest BCUT2D eigenvalue weighted by molar-refractivity contribution is -0.384. The van der Waals surface area contributed by atoms with Crippen molar-refractivity contribution in [3.63, 3.8) is 0 Å². The van der Waals surface area contributed by atoms with Crippen LogP contribution in [0.3, 0.4) is 0 Å². The Kier molecular flexibility index (Phi) is 4.95. The van der Waals surface area contributed by atoms with Gasteiger partial charge in [0.2, 0.25) is 0 Å². The number of non-ortho nitro benzene ring substituents is 1. The highest BCUT2D eigenvalue weighted by atomic mass is 19.4. The van der Waals surface area contributed by atoms with Crippen LogP contribution in [-0.4, -0.2) is 41.1 Å². The van der Waals surface area contributed by atoms with Crippen LogP contribution in [0.15, 0.2) is 24.4 Å². The molecule has 0 aliphatic rings. The van der Waals surface area contributed by atoms with E-state index in [2.05, 4.69) is 9.72 Å². The minimum Gasteiger partial charge on any atom is -0.467 e. The topological polar surface area (TPSA) is 114 Å². The van der Waals surface area contributed by atoms with Gasteiger partial charge in [-0.25, -0.2) is 4.79 Å². The maximum atomic E-state index is 12.4. The number of carbonyl (C=O) groups is 2. The number of nitrogens with one attached hydrogen (secondary N) is 2. The van der Waals surface area contributed by atoms with Gasteiger partial charge in [0.25, 0.3) is 5.69 Å². The third-order valence-corrected chi connectivity index (χ3v) is 3.43. The molecule has 2 N–H and O–H groups in total. The lowest BCUT2D eigenvalue weighted by atomic mass is 10.0. The van der Waals surface area contributed by atoms with Crippen LogP contribution in [0.5, 0.6) is 0 Å². The molecule has 0 spiro atoms. The summed E-state index contributed by atoms with van der Waals surface area (Å²) < 4.78 is 41.6. The number of amides is 1. The van der Waals surface area contributed by atoms with Crippen LogP contribution in [0.4, 0.5) is 18.9 Å². The van der Waals surface area contributed by atoms with Gasteiger partial charge < -0.3 is 15.0 Å². The smallest absolute Gasteiger partial charge is 0.467 e. The number of methoxy groups -OCH3 is 1. The first kappa shape index (κ1) is 18.2. The molecule has 0 fully saturated rings. The van der Waals surface area contributed by atoms with Crippen molar-refractivity contribution in [2.45, 2.75) is 18.6 Å². The summed E-state index contributed by atoms with van der Waals surface area (Å²) in [6, 6.07) is 2.31. The van der Waals surface area contributed by atoms with E-state index in [4.69, 9.17) is 0 Å². The number of nitrogens with zero attached hydrogens (tertiary/aromatic N) is 1. The maximum absolute atomic E-state index is 12.4. The minimum absolute atomic E-state index is 0.171. The summed E-state index contributed by atoms with van der Waals surface area (Å²) in [5.74, 6) is -3.31. The van der Waals surface area contributed by atoms with Gasteiger partial charge in [-0.1, -0.05) is 0 Å². The number of rotatable bonds is 5. The van der Waals surface area contributed by atoms with Crippen molar-refractivity contribution in [3.05, 3.63) is 40.1 Å². The van der Waals surface area contributed by atoms with Gasteiger partial charge in [0.1, 0.15) is 6.04 Å². The number of aromatic amines is 1. The molecule has 0 saturated carbocycles. The first-order valence-electron chi connectivity index (χ1n) is 6.83. The fourth-order valence-electron chi connectivity index (χ4n) is 2.25. The second-order valence-corrected chi connectivity index (χ2v) is 5.05. The number of esters is 1. The Morgan fingerprint density at radius 2 is 2.08 bits per heavy atom. The Morgan fingerprint density at radius 3 is 2.64 bits per heavy atom. The molecular weight excluding hydrogens is 347 g/mol. The van der Waals surface area contributed by atoms with Crippen LogP contribution in [0.25, 0.3) is 10.9 Å². The largest absolute Gasteiger partial charge is 0.471 e. The second kappa shape index (κ2) is 6.79. The third-order valence-electron chi connectivity index (χ3n) is 3.43. The SMILES string of the molecule is COC(=O)C(Cc1c[nH]c2cc([N+](=O)[O-])ccc12)NC(=O)C(F)(F)F. The van der Waals surface area contributed by atoms with Crippen molar-refractivity contribution in [2.75, 3.05) is 7.11 Å². The molecule has 1 heterocycles. The van der Waals surface area contributed by atoms with Gasteiger partial charge in [-0.3, -0.25) is 14.9 Å². The van der Waals surface area contributed by atoms with E-state index < -0.39 is 29.0 Å². The molecule has 0 radical (unpaired) electrons. The molecule has 2 rings (SSSR count). The first-order chi connectivity index (χ1) is 11.6. The maximum Gasteiger partial charge on any atom is 0.471 e. The average molecular weight is 359 g/mol. The molecule has 0 aliphatic heterocycles. The van der Waals surface area contributed by atoms with Crippen molar-refractivity contribution >= 4 is 28.5 Å². The number of hydrogen-bond acceptors (Lipinski definition) is 5. The van der Waals surface area contributed by atoms with Gasteiger partial charge in [0.15, 0.2) is 0 Å². The zero-order chi connectivity index (χ0) is 18.8. The van der Waals surface area contributed by atoms with Crippen molar-refractivity contribution in [1.82, 2.24) is 10.3 Å². The molecule has 11 heteroatoms. The van der Waals surface area contributed by atoms with Gasteiger partial charge in [0.05, 0.1) is 17.5 Å². The van der Waals surface area contributed by atoms with Gasteiger partial charge in [0, 0.05) is 30.1 Å². The fraction of sp³-hybridized carbons (Fsp3) is 0.286. The lowest BCUT2D eigenvalue weighted by Crippen LogP contribution is -2.48. The number of fused-ring (bicyclic) bond motifs is 1. The van der Waals surface area contributed by atoms with E-state index in [1.165, 1.54) is 24.4 Å². The van der Waals surface area contributed by atoms with E-state index in [1.807, 2.05) is 0 Å². The number of benzene rings is 1. The number of ether oxygens (including phenoxy) is 1. The number of aromatic nitrogens is 1. The zero-order valence-electron chi connectivity index (χ0n) is 12.7. The Labute approximate surface area is 138 Å². The van der Waals surface area contributed by atoms with Crippen molar-refractivity contribution in [3.8, 4) is 0 Å². The predicted octanol–water partition coefficient (Wildman–Crippen LogP) is 1.84. The zero-order valence-corrected chi connectivity index (χ0v) is 12.7. The number of nitro benzene ring substituents is 1. The molecule has 0 bridgehead atoms. The monoisotopic (exact) mass is 359 g/mol. The highest BCUT2D eigenvalue weighted by Crippen LogP contribution is 2.24. The molecule has 1 atom stereocenters. The van der Waals surface area contributed by atoms with E-state index in [9.17, 15) is 32.9 Å². The van der Waals surface area contributed by atoms with Crippen molar-refractivity contribution < 1.29 is 32.4 Å². The second-order valence-electron chi connectivity index (χ2n) is 5.05. The Balaban J connectivity index is 2.29. The Hall–Kier alpha value is -3.11. The number of hydrogen-bond donors (Lipinski definition) is 2. The quantitative estimate of drug-likeness (QED) is 0.480. The van der Waals surface area contributed by atoms with E-state index in [0.717, 1.165) is 7.11 Å². The summed E-state index contributed by atoms with van der Waals surface area (Å²) in [6.07, 6.45) is -4.04. The Morgan fingerprint density at radius 1 is 1.40 bits per heavy atom. The van der Waals surface area contributed by atoms with E-state index >= 15 is 0 Å². The standard InChI is InChI=1S/C14H12F3N3O5/c1-25-12(21)11(19-13(22)14(15,16)17)4-7-6-18-10-5-8(20(23)24)2-3-9(7)10/h2-3,5-6,11,18H,4H2,1H3,(H,19,22). The number of halogens is 3. The third kappa shape index (κ3) is 4.05. The van der Waals surface area contributed by atoms with Crippen LogP contribution in [0, 0.1) is 10.1 Å². The van der Waals surface area contributed by atoms with E-state index in [1.54, 1.807) is 5.32 Å². The average Bonchev–Trinajstić information content (AvgIpc) is 2.94. The molecule has 0 aliphatic carbocycles. The first-order valence-corrected chi connectivity index (χ1v) is 6.83. The molecule has 2 aromatic rings. The summed E-state index contributed by atoms with van der Waals surface area (Å²) in [4.78, 5) is 35.6. The van der Waals surface area contributed by atoms with Crippen LogP contribution in [0.2, 0.25) is 0 Å². The van der Waals surface area contributed by atoms with Crippen LogP contribution < -0.4 is 5.32 Å². The molecule has 1 aromatic carbocycles. The minimum atomic E-state index is -5.15.